The molecule has 2 unspecified atom stereocenters. The van der Waals surface area contributed by atoms with Crippen molar-refractivity contribution in [3.05, 3.63) is 0 Å². The first-order chi connectivity index (χ1) is 5.33. The predicted molar refractivity (Wildman–Crippen MR) is 51.3 cm³/mol. The Labute approximate surface area is 74.9 Å². The van der Waals surface area contributed by atoms with Crippen molar-refractivity contribution in [1.29, 1.82) is 0 Å². The summed E-state index contributed by atoms with van der Waals surface area (Å²) in [4.78, 5) is 0. The Kier molecular flexibility index (Phi) is 4.31. The summed E-state index contributed by atoms with van der Waals surface area (Å²) in [7, 11) is 0. The van der Waals surface area contributed by atoms with E-state index >= 15 is 0 Å². The highest BCUT2D eigenvalue weighted by molar-refractivity contribution is 7.80. The van der Waals surface area contributed by atoms with Crippen LogP contribution in [-0.4, -0.2) is 18.0 Å². The van der Waals surface area contributed by atoms with Crippen molar-refractivity contribution >= 4 is 12.6 Å². The minimum absolute atomic E-state index is 0.506. The molecule has 0 aromatic carbocycles. The minimum Gasteiger partial charge on any atom is -0.378 e. The highest BCUT2D eigenvalue weighted by Gasteiger charge is 2.19. The first-order valence-electron chi connectivity index (χ1n) is 4.62. The SMILES string of the molecule is CCCOC1CCCC(S)C1. The summed E-state index contributed by atoms with van der Waals surface area (Å²) in [6, 6.07) is 0. The molecule has 0 heterocycles. The average Bonchev–Trinajstić information content (AvgIpc) is 2.01. The third-order valence-corrected chi connectivity index (χ3v) is 2.63. The van der Waals surface area contributed by atoms with Crippen LogP contribution in [0.2, 0.25) is 0 Å². The summed E-state index contributed by atoms with van der Waals surface area (Å²) >= 11 is 4.46. The van der Waals surface area contributed by atoms with Crippen LogP contribution in [0.5, 0.6) is 0 Å². The summed E-state index contributed by atoms with van der Waals surface area (Å²) in [6.07, 6.45) is 6.61. The van der Waals surface area contributed by atoms with E-state index in [0.29, 0.717) is 11.4 Å². The van der Waals surface area contributed by atoms with E-state index in [-0.39, 0.29) is 0 Å². The molecular formula is C9H18OS. The van der Waals surface area contributed by atoms with Crippen molar-refractivity contribution in [2.75, 3.05) is 6.61 Å². The standard InChI is InChI=1S/C9H18OS/c1-2-6-10-8-4-3-5-9(11)7-8/h8-9,11H,2-7H2,1H3. The normalized spacial score (nSPS) is 32.2. The van der Waals surface area contributed by atoms with Crippen LogP contribution in [0.3, 0.4) is 0 Å². The van der Waals surface area contributed by atoms with Gasteiger partial charge in [-0.2, -0.15) is 12.6 Å². The first-order valence-corrected chi connectivity index (χ1v) is 5.14. The Bertz CT molecular complexity index is 106. The Morgan fingerprint density at radius 2 is 2.27 bits per heavy atom. The molecule has 0 aromatic rings. The highest BCUT2D eigenvalue weighted by Crippen LogP contribution is 2.24. The molecule has 1 aliphatic carbocycles. The Hall–Kier alpha value is 0.310. The van der Waals surface area contributed by atoms with Gasteiger partial charge in [-0.05, 0) is 32.1 Å². The van der Waals surface area contributed by atoms with Crippen LogP contribution < -0.4 is 0 Å². The second kappa shape index (κ2) is 5.04. The smallest absolute Gasteiger partial charge is 0.0585 e. The molecule has 2 atom stereocenters. The van der Waals surface area contributed by atoms with Gasteiger partial charge in [0, 0.05) is 11.9 Å². The van der Waals surface area contributed by atoms with Crippen molar-refractivity contribution in [1.82, 2.24) is 0 Å². The van der Waals surface area contributed by atoms with Crippen LogP contribution in [0, 0.1) is 0 Å². The molecule has 0 aromatic heterocycles. The maximum absolute atomic E-state index is 5.65. The maximum atomic E-state index is 5.65. The lowest BCUT2D eigenvalue weighted by molar-refractivity contribution is 0.0307. The zero-order chi connectivity index (χ0) is 8.10. The van der Waals surface area contributed by atoms with Crippen LogP contribution in [0.4, 0.5) is 0 Å². The fraction of sp³-hybridized carbons (Fsp3) is 1.00. The van der Waals surface area contributed by atoms with Crippen LogP contribution in [-0.2, 0) is 4.74 Å². The van der Waals surface area contributed by atoms with Gasteiger partial charge >= 0.3 is 0 Å². The average molecular weight is 174 g/mol. The lowest BCUT2D eigenvalue weighted by Gasteiger charge is -2.25. The van der Waals surface area contributed by atoms with E-state index < -0.39 is 0 Å². The zero-order valence-corrected chi connectivity index (χ0v) is 8.15. The molecule has 0 aliphatic heterocycles. The fourth-order valence-electron chi connectivity index (χ4n) is 1.56. The van der Waals surface area contributed by atoms with E-state index in [9.17, 15) is 0 Å². The molecule has 0 amide bonds. The number of hydrogen-bond donors (Lipinski definition) is 1. The minimum atomic E-state index is 0.506. The Morgan fingerprint density at radius 1 is 1.45 bits per heavy atom. The summed E-state index contributed by atoms with van der Waals surface area (Å²) in [5.41, 5.74) is 0. The molecule has 0 radical (unpaired) electrons. The lowest BCUT2D eigenvalue weighted by atomic mass is 9.97. The monoisotopic (exact) mass is 174 g/mol. The van der Waals surface area contributed by atoms with E-state index in [4.69, 9.17) is 4.74 Å². The van der Waals surface area contributed by atoms with Crippen molar-refractivity contribution in [2.24, 2.45) is 0 Å². The fourth-order valence-corrected chi connectivity index (χ4v) is 1.97. The van der Waals surface area contributed by atoms with Crippen molar-refractivity contribution < 1.29 is 4.74 Å². The van der Waals surface area contributed by atoms with Gasteiger partial charge < -0.3 is 4.74 Å². The molecule has 0 spiro atoms. The molecule has 1 fully saturated rings. The Morgan fingerprint density at radius 3 is 2.91 bits per heavy atom. The number of thiol groups is 1. The molecular weight excluding hydrogens is 156 g/mol. The van der Waals surface area contributed by atoms with Gasteiger partial charge in [0.1, 0.15) is 0 Å². The van der Waals surface area contributed by atoms with Crippen LogP contribution in [0.25, 0.3) is 0 Å². The molecule has 0 bridgehead atoms. The van der Waals surface area contributed by atoms with Crippen LogP contribution in [0.1, 0.15) is 39.0 Å². The second-order valence-corrected chi connectivity index (χ2v) is 4.04. The van der Waals surface area contributed by atoms with Crippen molar-refractivity contribution in [3.8, 4) is 0 Å². The van der Waals surface area contributed by atoms with Gasteiger partial charge in [-0.25, -0.2) is 0 Å². The van der Waals surface area contributed by atoms with E-state index in [2.05, 4.69) is 19.6 Å². The maximum Gasteiger partial charge on any atom is 0.0585 e. The van der Waals surface area contributed by atoms with E-state index in [1.807, 2.05) is 0 Å². The quantitative estimate of drug-likeness (QED) is 0.647. The van der Waals surface area contributed by atoms with Gasteiger partial charge in [0.05, 0.1) is 6.10 Å². The van der Waals surface area contributed by atoms with Crippen LogP contribution >= 0.6 is 12.6 Å². The van der Waals surface area contributed by atoms with Gasteiger partial charge in [0.25, 0.3) is 0 Å². The first kappa shape index (κ1) is 9.40. The molecule has 11 heavy (non-hydrogen) atoms. The van der Waals surface area contributed by atoms with Gasteiger partial charge in [-0.1, -0.05) is 6.92 Å². The predicted octanol–water partition coefficient (Wildman–Crippen LogP) is 2.65. The van der Waals surface area contributed by atoms with Gasteiger partial charge in [0.2, 0.25) is 0 Å². The molecule has 2 heteroatoms. The second-order valence-electron chi connectivity index (χ2n) is 3.31. The van der Waals surface area contributed by atoms with Gasteiger partial charge in [0.15, 0.2) is 0 Å². The molecule has 1 nitrogen and oxygen atoms in total. The molecule has 0 N–H and O–H groups in total. The van der Waals surface area contributed by atoms with Gasteiger partial charge in [-0.15, -0.1) is 0 Å². The van der Waals surface area contributed by atoms with Crippen molar-refractivity contribution in [3.63, 3.8) is 0 Å². The topological polar surface area (TPSA) is 9.23 Å². The summed E-state index contributed by atoms with van der Waals surface area (Å²) in [5, 5.41) is 0.589. The highest BCUT2D eigenvalue weighted by atomic mass is 32.1. The van der Waals surface area contributed by atoms with E-state index in [1.54, 1.807) is 0 Å². The zero-order valence-electron chi connectivity index (χ0n) is 7.25. The molecule has 0 saturated heterocycles. The summed E-state index contributed by atoms with van der Waals surface area (Å²) < 4.78 is 5.65. The van der Waals surface area contributed by atoms with Crippen molar-refractivity contribution in [2.45, 2.75) is 50.4 Å². The van der Waals surface area contributed by atoms with E-state index in [0.717, 1.165) is 19.4 Å². The largest absolute Gasteiger partial charge is 0.378 e. The third kappa shape index (κ3) is 3.48. The molecule has 1 rings (SSSR count). The molecule has 1 aliphatic rings. The lowest BCUT2D eigenvalue weighted by Crippen LogP contribution is -2.23. The number of ether oxygens (including phenoxy) is 1. The molecule has 1 saturated carbocycles. The number of rotatable bonds is 3. The molecule has 66 valence electrons. The van der Waals surface area contributed by atoms with Gasteiger partial charge in [-0.3, -0.25) is 0 Å². The van der Waals surface area contributed by atoms with E-state index in [1.165, 1.54) is 19.3 Å². The number of hydrogen-bond acceptors (Lipinski definition) is 2. The summed E-state index contributed by atoms with van der Waals surface area (Å²) in [6.45, 7) is 3.08. The summed E-state index contributed by atoms with van der Waals surface area (Å²) in [5.74, 6) is 0. The van der Waals surface area contributed by atoms with Crippen LogP contribution in [0.15, 0.2) is 0 Å². The Balaban J connectivity index is 2.12. The third-order valence-electron chi connectivity index (χ3n) is 2.16.